The number of halogens is 3. The van der Waals surface area contributed by atoms with Crippen LogP contribution in [0.15, 0.2) is 42.5 Å². The van der Waals surface area contributed by atoms with Gasteiger partial charge < -0.3 is 5.32 Å². The number of carbonyl (C=O) groups excluding carboxylic acids is 1. The minimum absolute atomic E-state index is 0.194. The van der Waals surface area contributed by atoms with Crippen LogP contribution >= 0.6 is 11.6 Å². The van der Waals surface area contributed by atoms with Gasteiger partial charge in [0.15, 0.2) is 0 Å². The number of sulfonamides is 1. The monoisotopic (exact) mass is 374 g/mol. The first kappa shape index (κ1) is 18.2. The molecule has 0 bridgehead atoms. The van der Waals surface area contributed by atoms with Crippen LogP contribution in [0.5, 0.6) is 0 Å². The number of hydrogen-bond acceptors (Lipinski definition) is 3. The highest BCUT2D eigenvalue weighted by Crippen LogP contribution is 2.22. The summed E-state index contributed by atoms with van der Waals surface area (Å²) < 4.78 is 51.1. The van der Waals surface area contributed by atoms with Crippen molar-refractivity contribution in [2.75, 3.05) is 22.4 Å². The number of carbonyl (C=O) groups is 1. The van der Waals surface area contributed by atoms with Crippen molar-refractivity contribution in [3.8, 4) is 0 Å². The predicted octanol–water partition coefficient (Wildman–Crippen LogP) is 3.02. The largest absolute Gasteiger partial charge is 0.322 e. The Hall–Kier alpha value is -2.19. The Morgan fingerprint density at radius 2 is 1.92 bits per heavy atom. The molecule has 1 N–H and O–H groups in total. The average Bonchev–Trinajstić information content (AvgIpc) is 2.46. The Bertz CT molecular complexity index is 875. The summed E-state index contributed by atoms with van der Waals surface area (Å²) >= 11 is 5.83. The van der Waals surface area contributed by atoms with Crippen molar-refractivity contribution in [3.63, 3.8) is 0 Å². The summed E-state index contributed by atoms with van der Waals surface area (Å²) in [5.74, 6) is -2.54. The van der Waals surface area contributed by atoms with Gasteiger partial charge in [-0.1, -0.05) is 17.7 Å². The SMILES string of the molecule is CS(=O)(=O)N(CC(=O)Nc1ccc(F)cc1F)c1cccc(Cl)c1. The van der Waals surface area contributed by atoms with Gasteiger partial charge in [-0.25, -0.2) is 17.2 Å². The van der Waals surface area contributed by atoms with Gasteiger partial charge in [-0.3, -0.25) is 9.10 Å². The molecule has 0 aliphatic carbocycles. The summed E-state index contributed by atoms with van der Waals surface area (Å²) in [6.07, 6.45) is 0.930. The molecule has 0 aromatic heterocycles. The molecule has 128 valence electrons. The number of nitrogens with one attached hydrogen (secondary N) is 1. The third kappa shape index (κ3) is 4.65. The van der Waals surface area contributed by atoms with Crippen molar-refractivity contribution in [1.29, 1.82) is 0 Å². The molecule has 0 unspecified atom stereocenters. The van der Waals surface area contributed by atoms with Crippen LogP contribution in [-0.2, 0) is 14.8 Å². The van der Waals surface area contributed by atoms with Crippen LogP contribution in [-0.4, -0.2) is 27.1 Å². The van der Waals surface area contributed by atoms with E-state index in [1.54, 1.807) is 6.07 Å². The van der Waals surface area contributed by atoms with Gasteiger partial charge in [0.2, 0.25) is 15.9 Å². The molecule has 0 aliphatic rings. The van der Waals surface area contributed by atoms with Crippen LogP contribution in [0.4, 0.5) is 20.2 Å². The summed E-state index contributed by atoms with van der Waals surface area (Å²) in [6, 6.07) is 8.58. The van der Waals surface area contributed by atoms with Crippen molar-refractivity contribution in [2.45, 2.75) is 0 Å². The zero-order valence-corrected chi connectivity index (χ0v) is 14.0. The molecule has 24 heavy (non-hydrogen) atoms. The Morgan fingerprint density at radius 1 is 1.21 bits per heavy atom. The van der Waals surface area contributed by atoms with Crippen LogP contribution in [0.1, 0.15) is 0 Å². The van der Waals surface area contributed by atoms with E-state index in [2.05, 4.69) is 5.32 Å². The maximum absolute atomic E-state index is 13.6. The first-order valence-electron chi connectivity index (χ1n) is 6.65. The number of amides is 1. The molecule has 0 aliphatic heterocycles. The zero-order chi connectivity index (χ0) is 17.9. The first-order valence-corrected chi connectivity index (χ1v) is 8.87. The van der Waals surface area contributed by atoms with Gasteiger partial charge >= 0.3 is 0 Å². The van der Waals surface area contributed by atoms with Gasteiger partial charge in [0.05, 0.1) is 17.6 Å². The van der Waals surface area contributed by atoms with Crippen LogP contribution in [0.3, 0.4) is 0 Å². The maximum Gasteiger partial charge on any atom is 0.245 e. The predicted molar refractivity (Wildman–Crippen MR) is 88.6 cm³/mol. The fourth-order valence-corrected chi connectivity index (χ4v) is 2.98. The van der Waals surface area contributed by atoms with E-state index >= 15 is 0 Å². The summed E-state index contributed by atoms with van der Waals surface area (Å²) in [5.41, 5.74) is -0.0549. The fourth-order valence-electron chi connectivity index (χ4n) is 1.94. The molecular formula is C15H13ClF2N2O3S. The van der Waals surface area contributed by atoms with Crippen molar-refractivity contribution >= 4 is 38.9 Å². The lowest BCUT2D eigenvalue weighted by Gasteiger charge is -2.22. The van der Waals surface area contributed by atoms with Crippen molar-refractivity contribution in [3.05, 3.63) is 59.1 Å². The van der Waals surface area contributed by atoms with Gasteiger partial charge in [0, 0.05) is 11.1 Å². The highest BCUT2D eigenvalue weighted by atomic mass is 35.5. The second-order valence-electron chi connectivity index (χ2n) is 4.92. The molecule has 0 saturated carbocycles. The van der Waals surface area contributed by atoms with Gasteiger partial charge in [-0.2, -0.15) is 0 Å². The lowest BCUT2D eigenvalue weighted by molar-refractivity contribution is -0.114. The van der Waals surface area contributed by atoms with E-state index in [1.807, 2.05) is 0 Å². The molecule has 0 saturated heterocycles. The van der Waals surface area contributed by atoms with Crippen LogP contribution in [0, 0.1) is 11.6 Å². The van der Waals surface area contributed by atoms with Gasteiger partial charge in [-0.05, 0) is 30.3 Å². The second kappa shape index (κ2) is 7.14. The van der Waals surface area contributed by atoms with Crippen molar-refractivity contribution in [1.82, 2.24) is 0 Å². The van der Waals surface area contributed by atoms with Crippen molar-refractivity contribution in [2.24, 2.45) is 0 Å². The number of nitrogens with zero attached hydrogens (tertiary/aromatic N) is 1. The summed E-state index contributed by atoms with van der Waals surface area (Å²) in [5, 5.41) is 2.50. The molecule has 5 nitrogen and oxygen atoms in total. The molecule has 2 rings (SSSR count). The Kier molecular flexibility index (Phi) is 5.40. The molecule has 2 aromatic carbocycles. The quantitative estimate of drug-likeness (QED) is 0.874. The number of hydrogen-bond donors (Lipinski definition) is 1. The minimum Gasteiger partial charge on any atom is -0.322 e. The highest BCUT2D eigenvalue weighted by Gasteiger charge is 2.21. The molecule has 0 spiro atoms. The van der Waals surface area contributed by atoms with Crippen molar-refractivity contribution < 1.29 is 22.0 Å². The van der Waals surface area contributed by atoms with Gasteiger partial charge in [0.25, 0.3) is 0 Å². The van der Waals surface area contributed by atoms with Crippen LogP contribution < -0.4 is 9.62 Å². The molecular weight excluding hydrogens is 362 g/mol. The Morgan fingerprint density at radius 3 is 2.50 bits per heavy atom. The van der Waals surface area contributed by atoms with Crippen LogP contribution in [0.25, 0.3) is 0 Å². The van der Waals surface area contributed by atoms with Gasteiger partial charge in [-0.15, -0.1) is 0 Å². The first-order chi connectivity index (χ1) is 11.2. The topological polar surface area (TPSA) is 66.5 Å². The fraction of sp³-hybridized carbons (Fsp3) is 0.133. The molecule has 0 heterocycles. The Labute approximate surface area is 142 Å². The van der Waals surface area contributed by atoms with E-state index in [9.17, 15) is 22.0 Å². The lowest BCUT2D eigenvalue weighted by Crippen LogP contribution is -2.37. The number of benzene rings is 2. The maximum atomic E-state index is 13.6. The third-order valence-electron chi connectivity index (χ3n) is 2.99. The van der Waals surface area contributed by atoms with E-state index < -0.39 is 34.1 Å². The number of anilines is 2. The average molecular weight is 375 g/mol. The smallest absolute Gasteiger partial charge is 0.245 e. The van der Waals surface area contributed by atoms with Crippen LogP contribution in [0.2, 0.25) is 5.02 Å². The molecule has 1 amide bonds. The van der Waals surface area contributed by atoms with E-state index in [1.165, 1.54) is 18.2 Å². The van der Waals surface area contributed by atoms with Gasteiger partial charge in [0.1, 0.15) is 18.2 Å². The summed E-state index contributed by atoms with van der Waals surface area (Å²) in [6.45, 7) is -0.587. The number of rotatable bonds is 5. The standard InChI is InChI=1S/C15H13ClF2N2O3S/c1-24(22,23)20(12-4-2-3-10(16)7-12)9-15(21)19-14-6-5-11(17)8-13(14)18/h2-8H,9H2,1H3,(H,19,21). The zero-order valence-electron chi connectivity index (χ0n) is 12.5. The van der Waals surface area contributed by atoms with E-state index in [-0.39, 0.29) is 11.4 Å². The Balaban J connectivity index is 2.22. The summed E-state index contributed by atoms with van der Waals surface area (Å²) in [4.78, 5) is 12.1. The second-order valence-corrected chi connectivity index (χ2v) is 7.27. The lowest BCUT2D eigenvalue weighted by atomic mass is 10.3. The highest BCUT2D eigenvalue weighted by molar-refractivity contribution is 7.92. The summed E-state index contributed by atoms with van der Waals surface area (Å²) in [7, 11) is -3.78. The van der Waals surface area contributed by atoms with E-state index in [0.29, 0.717) is 11.1 Å². The molecule has 0 fully saturated rings. The normalized spacial score (nSPS) is 11.2. The van der Waals surface area contributed by atoms with E-state index in [0.717, 1.165) is 22.7 Å². The molecule has 9 heteroatoms. The molecule has 0 radical (unpaired) electrons. The minimum atomic E-state index is -3.78. The third-order valence-corrected chi connectivity index (χ3v) is 4.36. The molecule has 2 aromatic rings. The molecule has 0 atom stereocenters. The van der Waals surface area contributed by atoms with E-state index in [4.69, 9.17) is 11.6 Å².